The molecule has 0 aliphatic heterocycles. The van der Waals surface area contributed by atoms with E-state index in [9.17, 15) is 0 Å². The van der Waals surface area contributed by atoms with Gasteiger partial charge < -0.3 is 15.2 Å². The quantitative estimate of drug-likeness (QED) is 0.872. The third-order valence-corrected chi connectivity index (χ3v) is 3.31. The molecule has 0 spiro atoms. The van der Waals surface area contributed by atoms with Crippen LogP contribution >= 0.6 is 0 Å². The molecule has 1 unspecified atom stereocenters. The first-order chi connectivity index (χ1) is 8.20. The number of hydrogen-bond acceptors (Lipinski definition) is 3. The molecule has 0 saturated heterocycles. The molecule has 0 amide bonds. The van der Waals surface area contributed by atoms with E-state index >= 15 is 0 Å². The van der Waals surface area contributed by atoms with E-state index in [4.69, 9.17) is 15.2 Å². The summed E-state index contributed by atoms with van der Waals surface area (Å²) < 4.78 is 11.3. The molecule has 1 aromatic rings. The van der Waals surface area contributed by atoms with Crippen LogP contribution < -0.4 is 15.2 Å². The minimum absolute atomic E-state index is 0.0180. The molecule has 1 atom stereocenters. The lowest BCUT2D eigenvalue weighted by Gasteiger charge is -2.17. The van der Waals surface area contributed by atoms with Gasteiger partial charge in [-0.25, -0.2) is 0 Å². The SMILES string of the molecule is COc1cc(C(C)N)ccc1OC1CCCC1. The van der Waals surface area contributed by atoms with Gasteiger partial charge in [0.25, 0.3) is 0 Å². The van der Waals surface area contributed by atoms with Crippen LogP contribution in [-0.2, 0) is 0 Å². The standard InChI is InChI=1S/C14H21NO2/c1-10(15)11-7-8-13(14(9-11)16-2)17-12-5-3-4-6-12/h7-10,12H,3-6,15H2,1-2H3. The van der Waals surface area contributed by atoms with Crippen LogP contribution in [0.2, 0.25) is 0 Å². The summed E-state index contributed by atoms with van der Waals surface area (Å²) in [6.45, 7) is 1.96. The number of hydrogen-bond donors (Lipinski definition) is 1. The molecule has 2 rings (SSSR count). The van der Waals surface area contributed by atoms with E-state index in [-0.39, 0.29) is 6.04 Å². The van der Waals surface area contributed by atoms with Gasteiger partial charge in [0.05, 0.1) is 13.2 Å². The lowest BCUT2D eigenvalue weighted by atomic mass is 10.1. The lowest BCUT2D eigenvalue weighted by Crippen LogP contribution is -2.12. The third-order valence-electron chi connectivity index (χ3n) is 3.31. The number of nitrogens with two attached hydrogens (primary N) is 1. The monoisotopic (exact) mass is 235 g/mol. The average molecular weight is 235 g/mol. The molecular weight excluding hydrogens is 214 g/mol. The first-order valence-electron chi connectivity index (χ1n) is 6.31. The van der Waals surface area contributed by atoms with Gasteiger partial charge in [-0.2, -0.15) is 0 Å². The normalized spacial score (nSPS) is 18.1. The molecule has 17 heavy (non-hydrogen) atoms. The Kier molecular flexibility index (Phi) is 3.89. The van der Waals surface area contributed by atoms with Crippen LogP contribution in [0.3, 0.4) is 0 Å². The molecule has 1 saturated carbocycles. The van der Waals surface area contributed by atoms with E-state index in [2.05, 4.69) is 0 Å². The number of rotatable bonds is 4. The second-order valence-electron chi connectivity index (χ2n) is 4.72. The molecule has 94 valence electrons. The van der Waals surface area contributed by atoms with Crippen LogP contribution in [0.1, 0.15) is 44.2 Å². The smallest absolute Gasteiger partial charge is 0.161 e. The minimum atomic E-state index is 0.0180. The summed E-state index contributed by atoms with van der Waals surface area (Å²) in [7, 11) is 1.67. The van der Waals surface area contributed by atoms with Crippen LogP contribution in [0.5, 0.6) is 11.5 Å². The van der Waals surface area contributed by atoms with Crippen molar-refractivity contribution in [3.05, 3.63) is 23.8 Å². The topological polar surface area (TPSA) is 44.5 Å². The Balaban J connectivity index is 2.15. The van der Waals surface area contributed by atoms with E-state index in [0.29, 0.717) is 6.10 Å². The fraction of sp³-hybridized carbons (Fsp3) is 0.571. The average Bonchev–Trinajstić information content (AvgIpc) is 2.82. The van der Waals surface area contributed by atoms with Crippen molar-refractivity contribution in [1.82, 2.24) is 0 Å². The Morgan fingerprint density at radius 1 is 1.24 bits per heavy atom. The van der Waals surface area contributed by atoms with Gasteiger partial charge in [0, 0.05) is 6.04 Å². The highest BCUT2D eigenvalue weighted by atomic mass is 16.5. The summed E-state index contributed by atoms with van der Waals surface area (Å²) in [5.74, 6) is 1.62. The van der Waals surface area contributed by atoms with Gasteiger partial charge in [-0.05, 0) is 50.3 Å². The second-order valence-corrected chi connectivity index (χ2v) is 4.72. The van der Waals surface area contributed by atoms with Crippen molar-refractivity contribution < 1.29 is 9.47 Å². The van der Waals surface area contributed by atoms with E-state index < -0.39 is 0 Å². The van der Waals surface area contributed by atoms with E-state index in [0.717, 1.165) is 29.9 Å². The van der Waals surface area contributed by atoms with Gasteiger partial charge in [-0.3, -0.25) is 0 Å². The molecule has 0 aromatic heterocycles. The van der Waals surface area contributed by atoms with Crippen LogP contribution in [0.25, 0.3) is 0 Å². The first kappa shape index (κ1) is 12.2. The zero-order valence-electron chi connectivity index (χ0n) is 10.6. The predicted molar refractivity (Wildman–Crippen MR) is 68.5 cm³/mol. The van der Waals surface area contributed by atoms with Crippen molar-refractivity contribution in [3.63, 3.8) is 0 Å². The Morgan fingerprint density at radius 2 is 1.94 bits per heavy atom. The largest absolute Gasteiger partial charge is 0.493 e. The van der Waals surface area contributed by atoms with Crippen molar-refractivity contribution in [2.45, 2.75) is 44.8 Å². The Labute approximate surface area is 103 Å². The highest BCUT2D eigenvalue weighted by molar-refractivity contribution is 5.43. The number of benzene rings is 1. The summed E-state index contributed by atoms with van der Waals surface area (Å²) in [5.41, 5.74) is 6.92. The Morgan fingerprint density at radius 3 is 2.53 bits per heavy atom. The van der Waals surface area contributed by atoms with E-state index in [1.54, 1.807) is 7.11 Å². The van der Waals surface area contributed by atoms with Crippen molar-refractivity contribution >= 4 is 0 Å². The van der Waals surface area contributed by atoms with Crippen LogP contribution in [0.15, 0.2) is 18.2 Å². The number of methoxy groups -OCH3 is 1. The van der Waals surface area contributed by atoms with Gasteiger partial charge in [0.2, 0.25) is 0 Å². The van der Waals surface area contributed by atoms with Crippen molar-refractivity contribution in [2.75, 3.05) is 7.11 Å². The predicted octanol–water partition coefficient (Wildman–Crippen LogP) is 3.04. The van der Waals surface area contributed by atoms with Crippen LogP contribution in [-0.4, -0.2) is 13.2 Å². The van der Waals surface area contributed by atoms with Gasteiger partial charge in [0.1, 0.15) is 0 Å². The molecule has 3 nitrogen and oxygen atoms in total. The summed E-state index contributed by atoms with van der Waals surface area (Å²) in [5, 5.41) is 0. The maximum atomic E-state index is 5.97. The molecular formula is C14H21NO2. The second kappa shape index (κ2) is 5.41. The zero-order chi connectivity index (χ0) is 12.3. The fourth-order valence-corrected chi connectivity index (χ4v) is 2.25. The molecule has 0 radical (unpaired) electrons. The summed E-state index contributed by atoms with van der Waals surface area (Å²) >= 11 is 0. The first-order valence-corrected chi connectivity index (χ1v) is 6.31. The highest BCUT2D eigenvalue weighted by Crippen LogP contribution is 2.33. The van der Waals surface area contributed by atoms with Crippen molar-refractivity contribution in [2.24, 2.45) is 5.73 Å². The van der Waals surface area contributed by atoms with Gasteiger partial charge in [0.15, 0.2) is 11.5 Å². The van der Waals surface area contributed by atoms with Crippen molar-refractivity contribution in [3.8, 4) is 11.5 Å². The number of ether oxygens (including phenoxy) is 2. The van der Waals surface area contributed by atoms with E-state index in [1.807, 2.05) is 25.1 Å². The highest BCUT2D eigenvalue weighted by Gasteiger charge is 2.18. The third kappa shape index (κ3) is 2.91. The molecule has 0 bridgehead atoms. The maximum Gasteiger partial charge on any atom is 0.161 e. The molecule has 2 N–H and O–H groups in total. The Hall–Kier alpha value is -1.22. The lowest BCUT2D eigenvalue weighted by molar-refractivity contribution is 0.200. The minimum Gasteiger partial charge on any atom is -0.493 e. The van der Waals surface area contributed by atoms with Crippen LogP contribution in [0.4, 0.5) is 0 Å². The molecule has 0 heterocycles. The molecule has 1 aromatic carbocycles. The van der Waals surface area contributed by atoms with Gasteiger partial charge >= 0.3 is 0 Å². The summed E-state index contributed by atoms with van der Waals surface area (Å²) in [6.07, 6.45) is 5.19. The summed E-state index contributed by atoms with van der Waals surface area (Å²) in [4.78, 5) is 0. The molecule has 3 heteroatoms. The zero-order valence-corrected chi connectivity index (χ0v) is 10.6. The summed E-state index contributed by atoms with van der Waals surface area (Å²) in [6, 6.07) is 5.96. The Bertz CT molecular complexity index is 370. The fourth-order valence-electron chi connectivity index (χ4n) is 2.25. The molecule has 1 aliphatic rings. The van der Waals surface area contributed by atoms with E-state index in [1.165, 1.54) is 12.8 Å². The van der Waals surface area contributed by atoms with Crippen LogP contribution in [0, 0.1) is 0 Å². The molecule has 1 fully saturated rings. The van der Waals surface area contributed by atoms with Gasteiger partial charge in [-0.15, -0.1) is 0 Å². The maximum absolute atomic E-state index is 5.97. The van der Waals surface area contributed by atoms with Gasteiger partial charge in [-0.1, -0.05) is 6.07 Å². The van der Waals surface area contributed by atoms with Crippen molar-refractivity contribution in [1.29, 1.82) is 0 Å². The molecule has 1 aliphatic carbocycles.